The zero-order chi connectivity index (χ0) is 15.4. The molecule has 0 aromatic heterocycles. The lowest BCUT2D eigenvalue weighted by atomic mass is 10.2. The summed E-state index contributed by atoms with van der Waals surface area (Å²) in [6, 6.07) is 11.2. The van der Waals surface area contributed by atoms with Gasteiger partial charge in [0.15, 0.2) is 11.5 Å². The first kappa shape index (κ1) is 14.2. The van der Waals surface area contributed by atoms with E-state index in [4.69, 9.17) is 9.47 Å². The first-order valence-electron chi connectivity index (χ1n) is 6.90. The van der Waals surface area contributed by atoms with Crippen LogP contribution in [0.4, 0.5) is 15.8 Å². The Morgan fingerprint density at radius 2 is 1.86 bits per heavy atom. The Morgan fingerprint density at radius 1 is 1.05 bits per heavy atom. The molecule has 2 aromatic carbocycles. The average molecular weight is 302 g/mol. The molecule has 0 saturated heterocycles. The van der Waals surface area contributed by atoms with Gasteiger partial charge in [-0.3, -0.25) is 4.79 Å². The summed E-state index contributed by atoms with van der Waals surface area (Å²) >= 11 is 0. The van der Waals surface area contributed by atoms with Gasteiger partial charge in [-0.15, -0.1) is 0 Å². The third-order valence-electron chi connectivity index (χ3n) is 3.10. The lowest BCUT2D eigenvalue weighted by Gasteiger charge is -2.19. The van der Waals surface area contributed by atoms with Crippen molar-refractivity contribution in [2.75, 3.05) is 30.4 Å². The number of rotatable bonds is 4. The predicted octanol–water partition coefficient (Wildman–Crippen LogP) is 2.65. The topological polar surface area (TPSA) is 59.6 Å². The molecule has 0 aliphatic carbocycles. The molecule has 0 saturated carbocycles. The second kappa shape index (κ2) is 6.34. The van der Waals surface area contributed by atoms with Gasteiger partial charge < -0.3 is 20.1 Å². The Labute approximate surface area is 127 Å². The maximum atomic E-state index is 13.0. The molecule has 2 N–H and O–H groups in total. The second-order valence-electron chi connectivity index (χ2n) is 4.77. The van der Waals surface area contributed by atoms with Gasteiger partial charge in [0.2, 0.25) is 5.91 Å². The summed E-state index contributed by atoms with van der Waals surface area (Å²) in [6.07, 6.45) is 0. The van der Waals surface area contributed by atoms with E-state index in [9.17, 15) is 9.18 Å². The van der Waals surface area contributed by atoms with Crippen molar-refractivity contribution in [3.8, 4) is 11.5 Å². The van der Waals surface area contributed by atoms with Crippen LogP contribution in [0.25, 0.3) is 0 Å². The van der Waals surface area contributed by atoms with E-state index >= 15 is 0 Å². The van der Waals surface area contributed by atoms with Crippen LogP contribution in [-0.4, -0.2) is 25.7 Å². The zero-order valence-electron chi connectivity index (χ0n) is 11.8. The van der Waals surface area contributed by atoms with Gasteiger partial charge in [0.05, 0.1) is 6.54 Å². The molecule has 0 unspecified atom stereocenters. The summed E-state index contributed by atoms with van der Waals surface area (Å²) < 4.78 is 23.9. The van der Waals surface area contributed by atoms with E-state index in [2.05, 4.69) is 10.6 Å². The summed E-state index contributed by atoms with van der Waals surface area (Å²) in [4.78, 5) is 11.9. The number of hydrogen-bond acceptors (Lipinski definition) is 4. The molecule has 3 rings (SSSR count). The highest BCUT2D eigenvalue weighted by molar-refractivity contribution is 5.94. The van der Waals surface area contributed by atoms with Crippen LogP contribution < -0.4 is 20.1 Å². The molecule has 0 spiro atoms. The van der Waals surface area contributed by atoms with Crippen LogP contribution >= 0.6 is 0 Å². The Kier molecular flexibility index (Phi) is 4.09. The zero-order valence-corrected chi connectivity index (χ0v) is 11.8. The number of ether oxygens (including phenoxy) is 2. The van der Waals surface area contributed by atoms with Gasteiger partial charge >= 0.3 is 0 Å². The van der Waals surface area contributed by atoms with Gasteiger partial charge in [0.25, 0.3) is 0 Å². The summed E-state index contributed by atoms with van der Waals surface area (Å²) in [6.45, 7) is 1.06. The van der Waals surface area contributed by atoms with E-state index in [1.54, 1.807) is 30.3 Å². The molecule has 1 aliphatic rings. The fourth-order valence-electron chi connectivity index (χ4n) is 2.11. The number of amides is 1. The van der Waals surface area contributed by atoms with Gasteiger partial charge in [-0.2, -0.15) is 0 Å². The number of fused-ring (bicyclic) bond motifs is 1. The van der Waals surface area contributed by atoms with E-state index in [-0.39, 0.29) is 18.3 Å². The van der Waals surface area contributed by atoms with Gasteiger partial charge in [-0.25, -0.2) is 4.39 Å². The Hall–Kier alpha value is -2.76. The Balaban J connectivity index is 1.57. The molecule has 0 fully saturated rings. The van der Waals surface area contributed by atoms with Crippen LogP contribution in [-0.2, 0) is 4.79 Å². The average Bonchev–Trinajstić information content (AvgIpc) is 2.53. The van der Waals surface area contributed by atoms with Crippen LogP contribution in [0.2, 0.25) is 0 Å². The van der Waals surface area contributed by atoms with E-state index in [1.165, 1.54) is 12.1 Å². The van der Waals surface area contributed by atoms with Crippen molar-refractivity contribution in [1.29, 1.82) is 0 Å². The fourth-order valence-corrected chi connectivity index (χ4v) is 2.11. The molecule has 5 nitrogen and oxygen atoms in total. The van der Waals surface area contributed by atoms with Crippen molar-refractivity contribution in [3.63, 3.8) is 0 Å². The number of halogens is 1. The van der Waals surface area contributed by atoms with Crippen molar-refractivity contribution in [3.05, 3.63) is 48.3 Å². The highest BCUT2D eigenvalue weighted by Crippen LogP contribution is 2.32. The number of carbonyl (C=O) groups excluding carboxylic acids is 1. The van der Waals surface area contributed by atoms with Crippen molar-refractivity contribution >= 4 is 17.3 Å². The number of nitrogens with one attached hydrogen (secondary N) is 2. The Morgan fingerprint density at radius 3 is 2.68 bits per heavy atom. The summed E-state index contributed by atoms with van der Waals surface area (Å²) in [5.41, 5.74) is 1.17. The van der Waals surface area contributed by atoms with Crippen LogP contribution in [0.1, 0.15) is 0 Å². The standard InChI is InChI=1S/C16H15FN2O3/c17-11-2-1-3-12(8-11)18-10-16(20)19-13-4-5-14-15(9-13)22-7-6-21-14/h1-5,8-9,18H,6-7,10H2,(H,19,20). The van der Waals surface area contributed by atoms with Crippen molar-refractivity contribution < 1.29 is 18.7 Å². The van der Waals surface area contributed by atoms with E-state index in [1.807, 2.05) is 0 Å². The molecule has 114 valence electrons. The van der Waals surface area contributed by atoms with E-state index in [0.717, 1.165) is 0 Å². The first-order valence-corrected chi connectivity index (χ1v) is 6.90. The normalized spacial score (nSPS) is 12.6. The Bertz CT molecular complexity index is 691. The molecule has 0 bridgehead atoms. The lowest BCUT2D eigenvalue weighted by Crippen LogP contribution is -2.22. The SMILES string of the molecule is O=C(CNc1cccc(F)c1)Nc1ccc2c(c1)OCCO2. The minimum absolute atomic E-state index is 0.0396. The number of hydrogen-bond donors (Lipinski definition) is 2. The number of carbonyl (C=O) groups is 1. The third kappa shape index (κ3) is 3.46. The predicted molar refractivity (Wildman–Crippen MR) is 81.0 cm³/mol. The van der Waals surface area contributed by atoms with Crippen LogP contribution in [0, 0.1) is 5.82 Å². The van der Waals surface area contributed by atoms with Gasteiger partial charge in [-0.1, -0.05) is 6.07 Å². The second-order valence-corrected chi connectivity index (χ2v) is 4.77. The van der Waals surface area contributed by atoms with Gasteiger partial charge in [0.1, 0.15) is 19.0 Å². The summed E-state index contributed by atoms with van der Waals surface area (Å²) in [5.74, 6) is 0.697. The molecule has 1 heterocycles. The minimum atomic E-state index is -0.350. The molecule has 0 radical (unpaired) electrons. The van der Waals surface area contributed by atoms with Crippen molar-refractivity contribution in [2.45, 2.75) is 0 Å². The van der Waals surface area contributed by atoms with Crippen molar-refractivity contribution in [1.82, 2.24) is 0 Å². The molecule has 1 aliphatic heterocycles. The fraction of sp³-hybridized carbons (Fsp3) is 0.188. The molecule has 2 aromatic rings. The lowest BCUT2D eigenvalue weighted by molar-refractivity contribution is -0.114. The molecular weight excluding hydrogens is 287 g/mol. The molecule has 1 amide bonds. The highest BCUT2D eigenvalue weighted by atomic mass is 19.1. The van der Waals surface area contributed by atoms with Crippen LogP contribution in [0.15, 0.2) is 42.5 Å². The molecular formula is C16H15FN2O3. The van der Waals surface area contributed by atoms with Gasteiger partial charge in [0, 0.05) is 17.4 Å². The summed E-state index contributed by atoms with van der Waals surface area (Å²) in [5, 5.41) is 5.61. The summed E-state index contributed by atoms with van der Waals surface area (Å²) in [7, 11) is 0. The largest absolute Gasteiger partial charge is 0.486 e. The first-order chi connectivity index (χ1) is 10.7. The van der Waals surface area contributed by atoms with E-state index in [0.29, 0.717) is 36.1 Å². The minimum Gasteiger partial charge on any atom is -0.486 e. The maximum absolute atomic E-state index is 13.0. The van der Waals surface area contributed by atoms with E-state index < -0.39 is 0 Å². The molecule has 0 atom stereocenters. The highest BCUT2D eigenvalue weighted by Gasteiger charge is 2.12. The smallest absolute Gasteiger partial charge is 0.243 e. The number of anilines is 2. The third-order valence-corrected chi connectivity index (χ3v) is 3.10. The molecule has 6 heteroatoms. The maximum Gasteiger partial charge on any atom is 0.243 e. The van der Waals surface area contributed by atoms with Crippen LogP contribution in [0.5, 0.6) is 11.5 Å². The van der Waals surface area contributed by atoms with Gasteiger partial charge in [-0.05, 0) is 30.3 Å². The molecule has 22 heavy (non-hydrogen) atoms. The monoisotopic (exact) mass is 302 g/mol. The quantitative estimate of drug-likeness (QED) is 0.911. The van der Waals surface area contributed by atoms with Crippen LogP contribution in [0.3, 0.4) is 0 Å². The van der Waals surface area contributed by atoms with Crippen molar-refractivity contribution in [2.24, 2.45) is 0 Å². The number of benzene rings is 2.